The van der Waals surface area contributed by atoms with Crippen molar-refractivity contribution in [1.82, 2.24) is 0 Å². The summed E-state index contributed by atoms with van der Waals surface area (Å²) in [7, 11) is 0. The van der Waals surface area contributed by atoms with Crippen molar-refractivity contribution < 1.29 is 9.90 Å². The van der Waals surface area contributed by atoms with Gasteiger partial charge in [0.1, 0.15) is 15.3 Å². The van der Waals surface area contributed by atoms with Crippen molar-refractivity contribution in [2.24, 2.45) is 0 Å². The van der Waals surface area contributed by atoms with Crippen LogP contribution in [0.5, 0.6) is 5.75 Å². The number of aryl methyl sites for hydroxylation is 1. The van der Waals surface area contributed by atoms with Gasteiger partial charge in [-0.3, -0.25) is 9.69 Å². The lowest BCUT2D eigenvalue weighted by molar-refractivity contribution is -0.116. The molecule has 4 nitrogen and oxygen atoms in total. The minimum atomic E-state index is -0.273. The van der Waals surface area contributed by atoms with Crippen LogP contribution in [0.1, 0.15) is 5.56 Å². The molecular formula is C17H16N2O2S2. The molecule has 1 unspecified atom stereocenters. The topological polar surface area (TPSA) is 52.6 Å². The van der Waals surface area contributed by atoms with Gasteiger partial charge in [-0.05, 0) is 36.8 Å². The van der Waals surface area contributed by atoms with Gasteiger partial charge in [-0.25, -0.2) is 0 Å². The second kappa shape index (κ2) is 6.60. The second-order valence-corrected chi connectivity index (χ2v) is 7.15. The molecule has 1 fully saturated rings. The van der Waals surface area contributed by atoms with E-state index in [9.17, 15) is 9.90 Å². The number of carbonyl (C=O) groups is 1. The maximum Gasteiger partial charge on any atom is 0.247 e. The molecular weight excluding hydrogens is 328 g/mol. The molecule has 0 radical (unpaired) electrons. The van der Waals surface area contributed by atoms with E-state index in [1.807, 2.05) is 37.3 Å². The van der Waals surface area contributed by atoms with E-state index in [2.05, 4.69) is 5.32 Å². The molecule has 0 aliphatic carbocycles. The van der Waals surface area contributed by atoms with E-state index in [0.717, 1.165) is 16.9 Å². The number of phenolic OH excluding ortho intramolecular Hbond substituents is 1. The third-order valence-corrected chi connectivity index (χ3v) is 5.03. The van der Waals surface area contributed by atoms with Gasteiger partial charge in [-0.15, -0.1) is 0 Å². The average Bonchev–Trinajstić information content (AvgIpc) is 2.79. The first-order valence-electron chi connectivity index (χ1n) is 7.19. The summed E-state index contributed by atoms with van der Waals surface area (Å²) in [6.07, 6.45) is 0. The van der Waals surface area contributed by atoms with Crippen molar-refractivity contribution in [3.05, 3.63) is 54.1 Å². The Hall–Kier alpha value is -2.05. The van der Waals surface area contributed by atoms with E-state index >= 15 is 0 Å². The number of aromatic hydroxyl groups is 1. The molecule has 0 saturated carbocycles. The largest absolute Gasteiger partial charge is 0.508 e. The zero-order chi connectivity index (χ0) is 16.4. The molecule has 2 N–H and O–H groups in total. The number of carbonyl (C=O) groups excluding carboxylic acids is 1. The van der Waals surface area contributed by atoms with Crippen molar-refractivity contribution in [3.63, 3.8) is 0 Å². The monoisotopic (exact) mass is 344 g/mol. The fourth-order valence-electron chi connectivity index (χ4n) is 2.41. The van der Waals surface area contributed by atoms with Gasteiger partial charge in [0, 0.05) is 18.3 Å². The minimum absolute atomic E-state index is 0.0155. The number of benzene rings is 2. The fourth-order valence-corrected chi connectivity index (χ4v) is 3.87. The summed E-state index contributed by atoms with van der Waals surface area (Å²) >= 11 is 6.76. The van der Waals surface area contributed by atoms with Gasteiger partial charge in [0.2, 0.25) is 5.91 Å². The Morgan fingerprint density at radius 2 is 2.04 bits per heavy atom. The van der Waals surface area contributed by atoms with Crippen LogP contribution < -0.4 is 10.2 Å². The number of thiocarbonyl (C=S) groups is 1. The molecule has 2 aromatic rings. The van der Waals surface area contributed by atoms with E-state index in [4.69, 9.17) is 12.2 Å². The standard InChI is InChI=1S/C17H16N2O2S2/c1-11-4-2-6-13(8-11)19-16(21)15(23-17(19)22)10-18-12-5-3-7-14(20)9-12/h2-9,15,18,20H,10H2,1H3. The molecule has 0 aromatic heterocycles. The van der Waals surface area contributed by atoms with Crippen LogP contribution in [0.2, 0.25) is 0 Å². The number of nitrogens with one attached hydrogen (secondary N) is 1. The summed E-state index contributed by atoms with van der Waals surface area (Å²) < 4.78 is 0.573. The molecule has 1 saturated heterocycles. The van der Waals surface area contributed by atoms with Crippen LogP contribution in [0.3, 0.4) is 0 Å². The number of hydrogen-bond donors (Lipinski definition) is 2. The van der Waals surface area contributed by atoms with Crippen molar-refractivity contribution in [2.45, 2.75) is 12.2 Å². The second-order valence-electron chi connectivity index (χ2n) is 5.32. The van der Waals surface area contributed by atoms with Gasteiger partial charge in [0.15, 0.2) is 0 Å². The van der Waals surface area contributed by atoms with E-state index in [1.54, 1.807) is 23.1 Å². The van der Waals surface area contributed by atoms with Gasteiger partial charge < -0.3 is 10.4 Å². The van der Waals surface area contributed by atoms with Crippen LogP contribution in [0, 0.1) is 6.92 Å². The summed E-state index contributed by atoms with van der Waals surface area (Å²) in [4.78, 5) is 14.2. The lowest BCUT2D eigenvalue weighted by Crippen LogP contribution is -2.33. The van der Waals surface area contributed by atoms with Gasteiger partial charge in [-0.1, -0.05) is 42.2 Å². The van der Waals surface area contributed by atoms with Crippen LogP contribution in [0.25, 0.3) is 0 Å². The Kier molecular flexibility index (Phi) is 4.54. The highest BCUT2D eigenvalue weighted by Crippen LogP contribution is 2.32. The van der Waals surface area contributed by atoms with E-state index in [1.165, 1.54) is 11.8 Å². The van der Waals surface area contributed by atoms with Crippen molar-refractivity contribution in [2.75, 3.05) is 16.8 Å². The smallest absolute Gasteiger partial charge is 0.247 e. The highest BCUT2D eigenvalue weighted by atomic mass is 32.2. The number of thioether (sulfide) groups is 1. The van der Waals surface area contributed by atoms with Crippen molar-refractivity contribution >= 4 is 45.6 Å². The normalized spacial score (nSPS) is 17.6. The SMILES string of the molecule is Cc1cccc(N2C(=O)C(CNc3cccc(O)c3)SC2=S)c1. The molecule has 1 aliphatic rings. The van der Waals surface area contributed by atoms with Gasteiger partial charge in [0.05, 0.1) is 5.69 Å². The maximum atomic E-state index is 12.6. The third-order valence-electron chi connectivity index (χ3n) is 3.52. The van der Waals surface area contributed by atoms with Gasteiger partial charge in [0.25, 0.3) is 0 Å². The van der Waals surface area contributed by atoms with Crippen LogP contribution in [0.15, 0.2) is 48.5 Å². The lowest BCUT2D eigenvalue weighted by Gasteiger charge is -2.16. The van der Waals surface area contributed by atoms with Crippen molar-refractivity contribution in [3.8, 4) is 5.75 Å². The van der Waals surface area contributed by atoms with E-state index < -0.39 is 0 Å². The summed E-state index contributed by atoms with van der Waals surface area (Å²) in [5.41, 5.74) is 2.68. The lowest BCUT2D eigenvalue weighted by atomic mass is 10.2. The van der Waals surface area contributed by atoms with Gasteiger partial charge in [-0.2, -0.15) is 0 Å². The molecule has 118 valence electrons. The Morgan fingerprint density at radius 1 is 1.26 bits per heavy atom. The van der Waals surface area contributed by atoms with E-state index in [-0.39, 0.29) is 16.9 Å². The third kappa shape index (κ3) is 3.48. The van der Waals surface area contributed by atoms with E-state index in [0.29, 0.717) is 10.9 Å². The summed E-state index contributed by atoms with van der Waals surface area (Å²) in [5, 5.41) is 12.4. The quantitative estimate of drug-likeness (QED) is 0.831. The Balaban J connectivity index is 1.71. The predicted molar refractivity (Wildman–Crippen MR) is 99.2 cm³/mol. The Morgan fingerprint density at radius 3 is 2.78 bits per heavy atom. The molecule has 0 spiro atoms. The molecule has 2 aromatic carbocycles. The molecule has 1 atom stereocenters. The molecule has 3 rings (SSSR count). The molecule has 1 amide bonds. The highest BCUT2D eigenvalue weighted by Gasteiger charge is 2.37. The highest BCUT2D eigenvalue weighted by molar-refractivity contribution is 8.25. The minimum Gasteiger partial charge on any atom is -0.508 e. The zero-order valence-electron chi connectivity index (χ0n) is 12.5. The van der Waals surface area contributed by atoms with Gasteiger partial charge >= 0.3 is 0 Å². The molecule has 1 aliphatic heterocycles. The number of anilines is 2. The fraction of sp³-hybridized carbons (Fsp3) is 0.176. The van der Waals surface area contributed by atoms with Crippen LogP contribution in [0.4, 0.5) is 11.4 Å². The molecule has 1 heterocycles. The number of rotatable bonds is 4. The molecule has 6 heteroatoms. The summed E-state index contributed by atoms with van der Waals surface area (Å²) in [6, 6.07) is 14.6. The van der Waals surface area contributed by atoms with Crippen LogP contribution >= 0.6 is 24.0 Å². The average molecular weight is 344 g/mol. The predicted octanol–water partition coefficient (Wildman–Crippen LogP) is 3.55. The molecule has 23 heavy (non-hydrogen) atoms. The van der Waals surface area contributed by atoms with Crippen LogP contribution in [-0.4, -0.2) is 27.1 Å². The number of hydrogen-bond acceptors (Lipinski definition) is 5. The Bertz CT molecular complexity index is 764. The van der Waals surface area contributed by atoms with Crippen LogP contribution in [-0.2, 0) is 4.79 Å². The summed E-state index contributed by atoms with van der Waals surface area (Å²) in [5.74, 6) is 0.176. The number of nitrogens with zero attached hydrogens (tertiary/aromatic N) is 1. The zero-order valence-corrected chi connectivity index (χ0v) is 14.2. The number of phenols is 1. The first kappa shape index (κ1) is 15.8. The Labute approximate surface area is 144 Å². The first-order chi connectivity index (χ1) is 11.0. The first-order valence-corrected chi connectivity index (χ1v) is 8.47. The maximum absolute atomic E-state index is 12.6. The summed E-state index contributed by atoms with van der Waals surface area (Å²) in [6.45, 7) is 2.44. The van der Waals surface area contributed by atoms with Crippen molar-refractivity contribution in [1.29, 1.82) is 0 Å². The molecule has 0 bridgehead atoms. The number of amides is 1.